The molecule has 2 aliphatic heterocycles. The molecule has 2 rings (SSSR count). The highest BCUT2D eigenvalue weighted by atomic mass is 127. The molecular weight excluding hydrogens is 449 g/mol. The SMILES string of the molecule is CCOC(=O)N1CCN(C(=NC)NCC2(N(C)C)CCOCC2)CC1.I. The number of amides is 1. The van der Waals surface area contributed by atoms with Crippen LogP contribution in [0.5, 0.6) is 0 Å². The molecule has 0 spiro atoms. The molecule has 0 unspecified atom stereocenters. The van der Waals surface area contributed by atoms with Gasteiger partial charge in [-0.1, -0.05) is 0 Å². The van der Waals surface area contributed by atoms with Gasteiger partial charge in [0.05, 0.1) is 6.61 Å². The third-order valence-corrected chi connectivity index (χ3v) is 5.26. The number of piperazine rings is 1. The third kappa shape index (κ3) is 5.85. The van der Waals surface area contributed by atoms with Gasteiger partial charge in [0, 0.05) is 58.5 Å². The lowest BCUT2D eigenvalue weighted by Gasteiger charge is -2.44. The standard InChI is InChI=1S/C17H33N5O3.HI/c1-5-25-16(23)22-10-8-21(9-11-22)15(18-2)19-14-17(20(3)4)6-12-24-13-7-17;/h5-14H2,1-4H3,(H,18,19);1H. The molecule has 0 aromatic carbocycles. The summed E-state index contributed by atoms with van der Waals surface area (Å²) >= 11 is 0. The first-order valence-electron chi connectivity index (χ1n) is 9.15. The van der Waals surface area contributed by atoms with Gasteiger partial charge in [0.1, 0.15) is 0 Å². The molecule has 0 aliphatic carbocycles. The lowest BCUT2D eigenvalue weighted by molar-refractivity contribution is -0.00534. The van der Waals surface area contributed by atoms with Crippen LogP contribution in [-0.4, -0.2) is 106 Å². The van der Waals surface area contributed by atoms with Gasteiger partial charge in [-0.05, 0) is 33.9 Å². The number of ether oxygens (including phenoxy) is 2. The Bertz CT molecular complexity index is 461. The minimum Gasteiger partial charge on any atom is -0.450 e. The average Bonchev–Trinajstić information content (AvgIpc) is 2.63. The van der Waals surface area contributed by atoms with E-state index in [1.54, 1.807) is 4.90 Å². The summed E-state index contributed by atoms with van der Waals surface area (Å²) in [4.78, 5) is 22.5. The van der Waals surface area contributed by atoms with Gasteiger partial charge in [-0.3, -0.25) is 4.99 Å². The van der Waals surface area contributed by atoms with E-state index in [4.69, 9.17) is 9.47 Å². The summed E-state index contributed by atoms with van der Waals surface area (Å²) in [5, 5.41) is 3.54. The summed E-state index contributed by atoms with van der Waals surface area (Å²) in [5.74, 6) is 0.899. The number of carbonyl (C=O) groups excluding carboxylic acids is 1. The molecule has 9 heteroatoms. The molecule has 2 aliphatic rings. The summed E-state index contributed by atoms with van der Waals surface area (Å²) in [6.45, 7) is 7.53. The zero-order valence-electron chi connectivity index (χ0n) is 16.5. The Kier molecular flexibility index (Phi) is 9.94. The van der Waals surface area contributed by atoms with Crippen LogP contribution in [0.2, 0.25) is 0 Å². The molecule has 1 amide bonds. The highest BCUT2D eigenvalue weighted by Gasteiger charge is 2.35. The molecule has 2 heterocycles. The first-order valence-corrected chi connectivity index (χ1v) is 9.15. The van der Waals surface area contributed by atoms with Gasteiger partial charge in [-0.2, -0.15) is 0 Å². The second-order valence-electron chi connectivity index (χ2n) is 6.80. The van der Waals surface area contributed by atoms with Crippen LogP contribution in [-0.2, 0) is 9.47 Å². The van der Waals surface area contributed by atoms with Gasteiger partial charge in [0.25, 0.3) is 0 Å². The minimum absolute atomic E-state index is 0. The zero-order valence-corrected chi connectivity index (χ0v) is 18.8. The van der Waals surface area contributed by atoms with Crippen molar-refractivity contribution in [1.29, 1.82) is 0 Å². The quantitative estimate of drug-likeness (QED) is 0.367. The number of aliphatic imine (C=N–C) groups is 1. The number of hydrogen-bond donors (Lipinski definition) is 1. The molecule has 0 saturated carbocycles. The molecule has 0 atom stereocenters. The van der Waals surface area contributed by atoms with Crippen LogP contribution in [0.4, 0.5) is 4.79 Å². The van der Waals surface area contributed by atoms with Crippen LogP contribution >= 0.6 is 24.0 Å². The van der Waals surface area contributed by atoms with Crippen LogP contribution in [0.3, 0.4) is 0 Å². The van der Waals surface area contributed by atoms with Gasteiger partial charge >= 0.3 is 6.09 Å². The maximum Gasteiger partial charge on any atom is 0.409 e. The van der Waals surface area contributed by atoms with Crippen molar-refractivity contribution < 1.29 is 14.3 Å². The van der Waals surface area contributed by atoms with E-state index in [2.05, 4.69) is 34.2 Å². The predicted molar refractivity (Wildman–Crippen MR) is 113 cm³/mol. The second-order valence-corrected chi connectivity index (χ2v) is 6.80. The Morgan fingerprint density at radius 2 is 1.77 bits per heavy atom. The minimum atomic E-state index is -0.223. The topological polar surface area (TPSA) is 69.6 Å². The van der Waals surface area contributed by atoms with Crippen molar-refractivity contribution >= 4 is 36.0 Å². The molecule has 152 valence electrons. The fourth-order valence-electron chi connectivity index (χ4n) is 3.42. The van der Waals surface area contributed by atoms with Crippen molar-refractivity contribution in [2.75, 3.05) is 73.7 Å². The van der Waals surface area contributed by atoms with E-state index in [0.717, 1.165) is 51.6 Å². The highest BCUT2D eigenvalue weighted by Crippen LogP contribution is 2.25. The number of guanidine groups is 1. The number of likely N-dealkylation sites (N-methyl/N-ethyl adjacent to an activating group) is 1. The normalized spacial score (nSPS) is 20.6. The molecule has 0 radical (unpaired) electrons. The average molecular weight is 483 g/mol. The molecule has 0 aromatic heterocycles. The molecular formula is C17H34IN5O3. The highest BCUT2D eigenvalue weighted by molar-refractivity contribution is 14.0. The number of carbonyl (C=O) groups is 1. The van der Waals surface area contributed by atoms with Crippen LogP contribution < -0.4 is 5.32 Å². The third-order valence-electron chi connectivity index (χ3n) is 5.26. The van der Waals surface area contributed by atoms with E-state index in [1.165, 1.54) is 0 Å². The number of nitrogens with zero attached hydrogens (tertiary/aromatic N) is 4. The van der Waals surface area contributed by atoms with E-state index in [-0.39, 0.29) is 35.6 Å². The molecule has 2 fully saturated rings. The number of nitrogens with one attached hydrogen (secondary N) is 1. The summed E-state index contributed by atoms with van der Waals surface area (Å²) in [5.41, 5.74) is 0.0982. The molecule has 0 bridgehead atoms. The van der Waals surface area contributed by atoms with E-state index < -0.39 is 0 Å². The van der Waals surface area contributed by atoms with E-state index in [0.29, 0.717) is 19.7 Å². The lowest BCUT2D eigenvalue weighted by Crippen LogP contribution is -2.59. The lowest BCUT2D eigenvalue weighted by atomic mass is 9.88. The first kappa shape index (κ1) is 23.2. The fraction of sp³-hybridized carbons (Fsp3) is 0.882. The van der Waals surface area contributed by atoms with Gasteiger partial charge in [0.15, 0.2) is 5.96 Å². The van der Waals surface area contributed by atoms with Gasteiger partial charge < -0.3 is 29.5 Å². The number of rotatable bonds is 4. The van der Waals surface area contributed by atoms with Crippen molar-refractivity contribution in [2.24, 2.45) is 4.99 Å². The monoisotopic (exact) mass is 483 g/mol. The van der Waals surface area contributed by atoms with Gasteiger partial charge in [-0.25, -0.2) is 4.79 Å². The van der Waals surface area contributed by atoms with Crippen molar-refractivity contribution in [1.82, 2.24) is 20.0 Å². The first-order chi connectivity index (χ1) is 12.0. The Hall–Kier alpha value is -0.810. The second kappa shape index (κ2) is 11.1. The predicted octanol–water partition coefficient (Wildman–Crippen LogP) is 1.06. The summed E-state index contributed by atoms with van der Waals surface area (Å²) in [7, 11) is 6.08. The summed E-state index contributed by atoms with van der Waals surface area (Å²) < 4.78 is 10.6. The van der Waals surface area contributed by atoms with E-state index in [9.17, 15) is 4.79 Å². The van der Waals surface area contributed by atoms with Crippen molar-refractivity contribution in [2.45, 2.75) is 25.3 Å². The molecule has 2 saturated heterocycles. The van der Waals surface area contributed by atoms with Gasteiger partial charge in [0.2, 0.25) is 0 Å². The molecule has 0 aromatic rings. The van der Waals surface area contributed by atoms with Crippen LogP contribution in [0.25, 0.3) is 0 Å². The Morgan fingerprint density at radius 3 is 2.27 bits per heavy atom. The number of halogens is 1. The molecule has 8 nitrogen and oxygen atoms in total. The van der Waals surface area contributed by atoms with Crippen molar-refractivity contribution in [3.05, 3.63) is 0 Å². The van der Waals surface area contributed by atoms with E-state index >= 15 is 0 Å². The van der Waals surface area contributed by atoms with Crippen LogP contribution in [0.1, 0.15) is 19.8 Å². The Morgan fingerprint density at radius 1 is 1.19 bits per heavy atom. The Labute approximate surface area is 174 Å². The summed E-state index contributed by atoms with van der Waals surface area (Å²) in [6.07, 6.45) is 1.81. The van der Waals surface area contributed by atoms with Crippen molar-refractivity contribution in [3.8, 4) is 0 Å². The Balaban J connectivity index is 0.00000338. The zero-order chi connectivity index (χ0) is 18.3. The fourth-order valence-corrected chi connectivity index (χ4v) is 3.42. The maximum absolute atomic E-state index is 11.8. The largest absolute Gasteiger partial charge is 0.450 e. The van der Waals surface area contributed by atoms with Crippen LogP contribution in [0, 0.1) is 0 Å². The summed E-state index contributed by atoms with van der Waals surface area (Å²) in [6, 6.07) is 0. The smallest absolute Gasteiger partial charge is 0.409 e. The van der Waals surface area contributed by atoms with Crippen molar-refractivity contribution in [3.63, 3.8) is 0 Å². The van der Waals surface area contributed by atoms with Crippen LogP contribution in [0.15, 0.2) is 4.99 Å². The van der Waals surface area contributed by atoms with Gasteiger partial charge in [-0.15, -0.1) is 24.0 Å². The maximum atomic E-state index is 11.8. The molecule has 1 N–H and O–H groups in total. The van der Waals surface area contributed by atoms with E-state index in [1.807, 2.05) is 14.0 Å². The molecule has 26 heavy (non-hydrogen) atoms. The number of hydrogen-bond acceptors (Lipinski definition) is 5.